The zero-order chi connectivity index (χ0) is 13.1. The fourth-order valence-electron chi connectivity index (χ4n) is 1.64. The lowest BCUT2D eigenvalue weighted by molar-refractivity contribution is -0.124. The predicted octanol–water partition coefficient (Wildman–Crippen LogP) is 2.47. The molecule has 1 aliphatic rings. The van der Waals surface area contributed by atoms with E-state index >= 15 is 0 Å². The third-order valence-corrected chi connectivity index (χ3v) is 4.04. The summed E-state index contributed by atoms with van der Waals surface area (Å²) in [7, 11) is 0. The van der Waals surface area contributed by atoms with Crippen LogP contribution in [0.2, 0.25) is 4.34 Å². The number of esters is 1. The fourth-order valence-corrected chi connectivity index (χ4v) is 2.57. The Kier molecular flexibility index (Phi) is 4.24. The Morgan fingerprint density at radius 3 is 2.83 bits per heavy atom. The molecule has 1 aromatic heterocycles. The summed E-state index contributed by atoms with van der Waals surface area (Å²) in [6.07, 6.45) is 2.32. The van der Waals surface area contributed by atoms with E-state index in [0.717, 1.165) is 24.2 Å². The van der Waals surface area contributed by atoms with E-state index < -0.39 is 5.97 Å². The van der Waals surface area contributed by atoms with E-state index in [4.69, 9.17) is 16.3 Å². The summed E-state index contributed by atoms with van der Waals surface area (Å²) in [5.41, 5.74) is 0. The molecule has 6 heteroatoms. The first kappa shape index (κ1) is 13.4. The lowest BCUT2D eigenvalue weighted by Crippen LogP contribution is -2.37. The number of halogens is 1. The second kappa shape index (κ2) is 5.71. The fraction of sp³-hybridized carbons (Fsp3) is 0.500. The first-order chi connectivity index (χ1) is 8.56. The van der Waals surface area contributed by atoms with Crippen LogP contribution in [0.25, 0.3) is 0 Å². The van der Waals surface area contributed by atoms with Crippen molar-refractivity contribution in [1.82, 2.24) is 5.32 Å². The number of hydrogen-bond donors (Lipinski definition) is 1. The Hall–Kier alpha value is -1.07. The molecule has 1 amide bonds. The Bertz CT molecular complexity index is 456. The van der Waals surface area contributed by atoms with Gasteiger partial charge in [-0.2, -0.15) is 0 Å². The van der Waals surface area contributed by atoms with Gasteiger partial charge in [0, 0.05) is 6.04 Å². The van der Waals surface area contributed by atoms with E-state index in [1.54, 1.807) is 12.1 Å². The molecule has 1 aromatic rings. The van der Waals surface area contributed by atoms with Crippen LogP contribution < -0.4 is 5.32 Å². The molecule has 18 heavy (non-hydrogen) atoms. The highest BCUT2D eigenvalue weighted by molar-refractivity contribution is 7.17. The standard InChI is InChI=1S/C12H14ClNO3S/c1-7(8-2-3-8)14-11(15)6-17-12(16)9-4-5-10(13)18-9/h4-5,7-8H,2-3,6H2,1H3,(H,14,15)/t7-/m1/s1. The molecular formula is C12H14ClNO3S. The normalized spacial score (nSPS) is 16.1. The van der Waals surface area contributed by atoms with Gasteiger partial charge in [-0.15, -0.1) is 11.3 Å². The van der Waals surface area contributed by atoms with Crippen molar-refractivity contribution < 1.29 is 14.3 Å². The quantitative estimate of drug-likeness (QED) is 0.847. The van der Waals surface area contributed by atoms with Crippen LogP contribution >= 0.6 is 22.9 Å². The van der Waals surface area contributed by atoms with E-state index in [9.17, 15) is 9.59 Å². The lowest BCUT2D eigenvalue weighted by atomic mass is 10.2. The number of thiophene rings is 1. The van der Waals surface area contributed by atoms with E-state index in [-0.39, 0.29) is 18.6 Å². The van der Waals surface area contributed by atoms with Gasteiger partial charge in [0.1, 0.15) is 4.88 Å². The van der Waals surface area contributed by atoms with Crippen LogP contribution in [0.4, 0.5) is 0 Å². The molecule has 1 N–H and O–H groups in total. The number of hydrogen-bond acceptors (Lipinski definition) is 4. The Labute approximate surface area is 114 Å². The molecule has 0 aromatic carbocycles. The molecule has 2 rings (SSSR count). The zero-order valence-electron chi connectivity index (χ0n) is 9.94. The van der Waals surface area contributed by atoms with Gasteiger partial charge in [0.25, 0.3) is 5.91 Å². The number of ether oxygens (including phenoxy) is 1. The molecule has 98 valence electrons. The molecule has 0 spiro atoms. The van der Waals surface area contributed by atoms with Crippen LogP contribution in [0.15, 0.2) is 12.1 Å². The summed E-state index contributed by atoms with van der Waals surface area (Å²) in [4.78, 5) is 23.5. The maximum absolute atomic E-state index is 11.5. The molecular weight excluding hydrogens is 274 g/mol. The SMILES string of the molecule is C[C@@H](NC(=O)COC(=O)c1ccc(Cl)s1)C1CC1. The van der Waals surface area contributed by atoms with Gasteiger partial charge in [-0.3, -0.25) is 4.79 Å². The summed E-state index contributed by atoms with van der Waals surface area (Å²) in [6.45, 7) is 1.72. The molecule has 1 aliphatic carbocycles. The number of amides is 1. The van der Waals surface area contributed by atoms with Gasteiger partial charge >= 0.3 is 5.97 Å². The van der Waals surface area contributed by atoms with Crippen molar-refractivity contribution in [3.63, 3.8) is 0 Å². The summed E-state index contributed by atoms with van der Waals surface area (Å²) in [5, 5.41) is 2.82. The van der Waals surface area contributed by atoms with Crippen molar-refractivity contribution in [3.05, 3.63) is 21.3 Å². The molecule has 1 atom stereocenters. The van der Waals surface area contributed by atoms with Crippen molar-refractivity contribution >= 4 is 34.8 Å². The van der Waals surface area contributed by atoms with Crippen LogP contribution in [0.3, 0.4) is 0 Å². The summed E-state index contributed by atoms with van der Waals surface area (Å²) in [5.74, 6) is -0.188. The van der Waals surface area contributed by atoms with Crippen LogP contribution in [0.1, 0.15) is 29.4 Å². The second-order valence-corrected chi connectivity index (χ2v) is 6.09. The number of carbonyl (C=O) groups excluding carboxylic acids is 2. The van der Waals surface area contributed by atoms with E-state index in [1.807, 2.05) is 6.92 Å². The van der Waals surface area contributed by atoms with E-state index in [1.165, 1.54) is 0 Å². The maximum Gasteiger partial charge on any atom is 0.348 e. The summed E-state index contributed by atoms with van der Waals surface area (Å²) < 4.78 is 5.43. The molecule has 0 saturated heterocycles. The minimum atomic E-state index is -0.513. The van der Waals surface area contributed by atoms with Gasteiger partial charge in [-0.25, -0.2) is 4.79 Å². The minimum absolute atomic E-state index is 0.160. The van der Waals surface area contributed by atoms with Gasteiger partial charge in [-0.1, -0.05) is 11.6 Å². The molecule has 4 nitrogen and oxygen atoms in total. The van der Waals surface area contributed by atoms with Crippen molar-refractivity contribution in [2.75, 3.05) is 6.61 Å². The largest absolute Gasteiger partial charge is 0.451 e. The number of rotatable bonds is 5. The summed E-state index contributed by atoms with van der Waals surface area (Å²) >= 11 is 6.84. The Balaban J connectivity index is 1.73. The smallest absolute Gasteiger partial charge is 0.348 e. The average Bonchev–Trinajstić information content (AvgIpc) is 3.09. The molecule has 0 aliphatic heterocycles. The van der Waals surface area contributed by atoms with Crippen molar-refractivity contribution in [3.8, 4) is 0 Å². The van der Waals surface area contributed by atoms with Crippen LogP contribution in [-0.4, -0.2) is 24.5 Å². The van der Waals surface area contributed by atoms with E-state index in [0.29, 0.717) is 15.1 Å². The topological polar surface area (TPSA) is 55.4 Å². The minimum Gasteiger partial charge on any atom is -0.451 e. The highest BCUT2D eigenvalue weighted by atomic mass is 35.5. The van der Waals surface area contributed by atoms with Crippen LogP contribution in [0.5, 0.6) is 0 Å². The van der Waals surface area contributed by atoms with Crippen LogP contribution in [0, 0.1) is 5.92 Å². The predicted molar refractivity (Wildman–Crippen MR) is 69.9 cm³/mol. The molecule has 1 heterocycles. The highest BCUT2D eigenvalue weighted by Gasteiger charge is 2.29. The van der Waals surface area contributed by atoms with Crippen molar-refractivity contribution in [2.24, 2.45) is 5.92 Å². The molecule has 1 saturated carbocycles. The average molecular weight is 288 g/mol. The monoisotopic (exact) mass is 287 g/mol. The molecule has 0 bridgehead atoms. The first-order valence-corrected chi connectivity index (χ1v) is 6.97. The van der Waals surface area contributed by atoms with Crippen molar-refractivity contribution in [2.45, 2.75) is 25.8 Å². The second-order valence-electron chi connectivity index (χ2n) is 4.37. The van der Waals surface area contributed by atoms with Gasteiger partial charge in [0.15, 0.2) is 6.61 Å². The third-order valence-electron chi connectivity index (χ3n) is 2.83. The van der Waals surface area contributed by atoms with Gasteiger partial charge < -0.3 is 10.1 Å². The first-order valence-electron chi connectivity index (χ1n) is 5.78. The van der Waals surface area contributed by atoms with Gasteiger partial charge in [0.05, 0.1) is 4.34 Å². The van der Waals surface area contributed by atoms with Crippen molar-refractivity contribution in [1.29, 1.82) is 0 Å². The van der Waals surface area contributed by atoms with E-state index in [2.05, 4.69) is 5.32 Å². The van der Waals surface area contributed by atoms with Crippen LogP contribution in [-0.2, 0) is 9.53 Å². The Morgan fingerprint density at radius 1 is 1.56 bits per heavy atom. The molecule has 1 fully saturated rings. The third kappa shape index (κ3) is 3.71. The maximum atomic E-state index is 11.5. The van der Waals surface area contributed by atoms with Gasteiger partial charge in [-0.05, 0) is 37.8 Å². The molecule has 0 unspecified atom stereocenters. The number of carbonyl (C=O) groups is 2. The lowest BCUT2D eigenvalue weighted by Gasteiger charge is -2.12. The molecule has 0 radical (unpaired) electrons. The zero-order valence-corrected chi connectivity index (χ0v) is 11.5. The Morgan fingerprint density at radius 2 is 2.28 bits per heavy atom. The van der Waals surface area contributed by atoms with Gasteiger partial charge in [0.2, 0.25) is 0 Å². The number of nitrogens with one attached hydrogen (secondary N) is 1. The summed E-state index contributed by atoms with van der Waals surface area (Å²) in [6, 6.07) is 3.37. The highest BCUT2D eigenvalue weighted by Crippen LogP contribution is 2.32.